The van der Waals surface area contributed by atoms with Crippen LogP contribution in [-0.2, 0) is 0 Å². The summed E-state index contributed by atoms with van der Waals surface area (Å²) in [6, 6.07) is 1.54. The standard InChI is InChI=1S/C8H11N3O2/c1-5(2)10-8-9-4-3-6(11-8)7(12)13/h3-5H,1-2H3,(H,12,13)(H,9,10,11). The van der Waals surface area contributed by atoms with E-state index in [0.29, 0.717) is 5.95 Å². The van der Waals surface area contributed by atoms with Crippen molar-refractivity contribution in [2.24, 2.45) is 0 Å². The minimum atomic E-state index is -1.05. The number of aromatic carboxylic acids is 1. The first-order valence-electron chi connectivity index (χ1n) is 3.92. The highest BCUT2D eigenvalue weighted by Crippen LogP contribution is 2.01. The number of nitrogens with zero attached hydrogens (tertiary/aromatic N) is 2. The van der Waals surface area contributed by atoms with E-state index in [2.05, 4.69) is 15.3 Å². The smallest absolute Gasteiger partial charge is 0.354 e. The molecule has 1 rings (SSSR count). The molecule has 0 aromatic carbocycles. The molecule has 0 amide bonds. The molecule has 0 aliphatic rings. The van der Waals surface area contributed by atoms with Gasteiger partial charge in [-0.2, -0.15) is 0 Å². The number of rotatable bonds is 3. The molecule has 0 aliphatic carbocycles. The fourth-order valence-electron chi connectivity index (χ4n) is 0.806. The Bertz CT molecular complexity index is 312. The molecule has 0 unspecified atom stereocenters. The molecule has 0 spiro atoms. The molecule has 5 nitrogen and oxygen atoms in total. The first kappa shape index (κ1) is 9.44. The van der Waals surface area contributed by atoms with Crippen LogP contribution in [0.15, 0.2) is 12.3 Å². The van der Waals surface area contributed by atoms with Crippen molar-refractivity contribution in [3.63, 3.8) is 0 Å². The van der Waals surface area contributed by atoms with E-state index in [0.717, 1.165) is 0 Å². The number of carbonyl (C=O) groups is 1. The maximum atomic E-state index is 10.5. The predicted octanol–water partition coefficient (Wildman–Crippen LogP) is 0.995. The first-order valence-corrected chi connectivity index (χ1v) is 3.92. The van der Waals surface area contributed by atoms with E-state index in [1.165, 1.54) is 12.3 Å². The molecule has 2 N–H and O–H groups in total. The topological polar surface area (TPSA) is 75.1 Å². The van der Waals surface area contributed by atoms with Crippen molar-refractivity contribution in [2.45, 2.75) is 19.9 Å². The van der Waals surface area contributed by atoms with Crippen LogP contribution in [0.5, 0.6) is 0 Å². The minimum Gasteiger partial charge on any atom is -0.477 e. The van der Waals surface area contributed by atoms with Crippen LogP contribution in [0.3, 0.4) is 0 Å². The van der Waals surface area contributed by atoms with E-state index < -0.39 is 5.97 Å². The lowest BCUT2D eigenvalue weighted by Gasteiger charge is -2.07. The van der Waals surface area contributed by atoms with Crippen LogP contribution in [-0.4, -0.2) is 27.1 Å². The van der Waals surface area contributed by atoms with Crippen LogP contribution in [0.4, 0.5) is 5.95 Å². The number of aromatic nitrogens is 2. The third-order valence-electron chi connectivity index (χ3n) is 1.29. The van der Waals surface area contributed by atoms with Gasteiger partial charge in [0, 0.05) is 12.2 Å². The third kappa shape index (κ3) is 2.70. The van der Waals surface area contributed by atoms with E-state index >= 15 is 0 Å². The van der Waals surface area contributed by atoms with Crippen LogP contribution in [0, 0.1) is 0 Å². The van der Waals surface area contributed by atoms with Crippen LogP contribution in [0.1, 0.15) is 24.3 Å². The van der Waals surface area contributed by atoms with Gasteiger partial charge < -0.3 is 10.4 Å². The minimum absolute atomic E-state index is 0.00171. The Balaban J connectivity index is 2.85. The SMILES string of the molecule is CC(C)Nc1nccc(C(=O)O)n1. The molecule has 0 radical (unpaired) electrons. The molecule has 13 heavy (non-hydrogen) atoms. The molecule has 5 heteroatoms. The Kier molecular flexibility index (Phi) is 2.79. The summed E-state index contributed by atoms with van der Waals surface area (Å²) < 4.78 is 0. The predicted molar refractivity (Wildman–Crippen MR) is 47.8 cm³/mol. The number of anilines is 1. The van der Waals surface area contributed by atoms with Gasteiger partial charge in [0.25, 0.3) is 0 Å². The van der Waals surface area contributed by atoms with Crippen molar-refractivity contribution < 1.29 is 9.90 Å². The molecular weight excluding hydrogens is 170 g/mol. The molecular formula is C8H11N3O2. The number of carboxylic acids is 1. The Morgan fingerprint density at radius 3 is 2.85 bits per heavy atom. The summed E-state index contributed by atoms with van der Waals surface area (Å²) in [5.41, 5.74) is -0.00171. The van der Waals surface area contributed by atoms with Crippen LogP contribution in [0.25, 0.3) is 0 Å². The van der Waals surface area contributed by atoms with E-state index in [1.807, 2.05) is 13.8 Å². The van der Waals surface area contributed by atoms with Gasteiger partial charge in [-0.15, -0.1) is 0 Å². The van der Waals surface area contributed by atoms with Gasteiger partial charge in [-0.3, -0.25) is 0 Å². The molecule has 0 saturated heterocycles. The summed E-state index contributed by atoms with van der Waals surface area (Å²) in [7, 11) is 0. The highest BCUT2D eigenvalue weighted by atomic mass is 16.4. The van der Waals surface area contributed by atoms with Gasteiger partial charge >= 0.3 is 5.97 Å². The highest BCUT2D eigenvalue weighted by molar-refractivity contribution is 5.85. The largest absolute Gasteiger partial charge is 0.477 e. The third-order valence-corrected chi connectivity index (χ3v) is 1.29. The van der Waals surface area contributed by atoms with Gasteiger partial charge in [0.2, 0.25) is 5.95 Å². The average molecular weight is 181 g/mol. The van der Waals surface area contributed by atoms with E-state index in [9.17, 15) is 4.79 Å². The summed E-state index contributed by atoms with van der Waals surface area (Å²) in [5, 5.41) is 11.5. The second-order valence-electron chi connectivity index (χ2n) is 2.87. The summed E-state index contributed by atoms with van der Waals surface area (Å²) in [6.45, 7) is 3.85. The fraction of sp³-hybridized carbons (Fsp3) is 0.375. The Labute approximate surface area is 75.8 Å². The second-order valence-corrected chi connectivity index (χ2v) is 2.87. The van der Waals surface area contributed by atoms with Gasteiger partial charge in [-0.25, -0.2) is 14.8 Å². The molecule has 0 saturated carbocycles. The van der Waals surface area contributed by atoms with E-state index in [1.54, 1.807) is 0 Å². The second kappa shape index (κ2) is 3.84. The normalized spacial score (nSPS) is 10.1. The zero-order valence-corrected chi connectivity index (χ0v) is 7.48. The van der Waals surface area contributed by atoms with E-state index in [4.69, 9.17) is 5.11 Å². The van der Waals surface area contributed by atoms with Gasteiger partial charge in [0.15, 0.2) is 5.69 Å². The lowest BCUT2D eigenvalue weighted by atomic mass is 10.4. The summed E-state index contributed by atoms with van der Waals surface area (Å²) in [5.74, 6) is -0.705. The summed E-state index contributed by atoms with van der Waals surface area (Å²) in [6.07, 6.45) is 1.42. The van der Waals surface area contributed by atoms with Crippen molar-refractivity contribution in [3.05, 3.63) is 18.0 Å². The van der Waals surface area contributed by atoms with Gasteiger partial charge in [0.1, 0.15) is 0 Å². The summed E-state index contributed by atoms with van der Waals surface area (Å²) >= 11 is 0. The van der Waals surface area contributed by atoms with Crippen molar-refractivity contribution in [3.8, 4) is 0 Å². The molecule has 0 fully saturated rings. The molecule has 1 aromatic heterocycles. The zero-order chi connectivity index (χ0) is 9.84. The Hall–Kier alpha value is -1.65. The maximum absolute atomic E-state index is 10.5. The molecule has 0 atom stereocenters. The summed E-state index contributed by atoms with van der Waals surface area (Å²) in [4.78, 5) is 18.2. The fourth-order valence-corrected chi connectivity index (χ4v) is 0.806. The van der Waals surface area contributed by atoms with Gasteiger partial charge in [0.05, 0.1) is 0 Å². The quantitative estimate of drug-likeness (QED) is 0.727. The van der Waals surface area contributed by atoms with Crippen LogP contribution in [0.2, 0.25) is 0 Å². The molecule has 70 valence electrons. The Morgan fingerprint density at radius 1 is 1.62 bits per heavy atom. The average Bonchev–Trinajstić information content (AvgIpc) is 2.03. The highest BCUT2D eigenvalue weighted by Gasteiger charge is 2.05. The van der Waals surface area contributed by atoms with Gasteiger partial charge in [-0.05, 0) is 19.9 Å². The van der Waals surface area contributed by atoms with Gasteiger partial charge in [-0.1, -0.05) is 0 Å². The lowest BCUT2D eigenvalue weighted by Crippen LogP contribution is -2.14. The maximum Gasteiger partial charge on any atom is 0.354 e. The van der Waals surface area contributed by atoms with Crippen molar-refractivity contribution >= 4 is 11.9 Å². The van der Waals surface area contributed by atoms with Crippen LogP contribution >= 0.6 is 0 Å². The number of carboxylic acid groups (broad SMARTS) is 1. The van der Waals surface area contributed by atoms with Crippen molar-refractivity contribution in [1.29, 1.82) is 0 Å². The zero-order valence-electron chi connectivity index (χ0n) is 7.48. The lowest BCUT2D eigenvalue weighted by molar-refractivity contribution is 0.0690. The monoisotopic (exact) mass is 181 g/mol. The first-order chi connectivity index (χ1) is 6.09. The van der Waals surface area contributed by atoms with Crippen LogP contribution < -0.4 is 5.32 Å². The number of hydrogen-bond acceptors (Lipinski definition) is 4. The van der Waals surface area contributed by atoms with Crippen molar-refractivity contribution in [2.75, 3.05) is 5.32 Å². The molecule has 1 heterocycles. The van der Waals surface area contributed by atoms with Crippen molar-refractivity contribution in [1.82, 2.24) is 9.97 Å². The molecule has 1 aromatic rings. The Morgan fingerprint density at radius 2 is 2.31 bits per heavy atom. The molecule has 0 bridgehead atoms. The van der Waals surface area contributed by atoms with E-state index in [-0.39, 0.29) is 11.7 Å². The number of hydrogen-bond donors (Lipinski definition) is 2. The number of nitrogens with one attached hydrogen (secondary N) is 1. The molecule has 0 aliphatic heterocycles.